The molecule has 2 aromatic carbocycles. The lowest BCUT2D eigenvalue weighted by molar-refractivity contribution is -0.385. The number of nitro groups is 1. The maximum atomic E-state index is 12.3. The Labute approximate surface area is 156 Å². The van der Waals surface area contributed by atoms with Crippen molar-refractivity contribution in [2.45, 2.75) is 13.5 Å². The summed E-state index contributed by atoms with van der Waals surface area (Å²) in [5, 5.41) is 11.0. The van der Waals surface area contributed by atoms with E-state index in [-0.39, 0.29) is 22.9 Å². The maximum absolute atomic E-state index is 12.3. The summed E-state index contributed by atoms with van der Waals surface area (Å²) < 4.78 is 9.91. The number of carbonyl (C=O) groups is 2. The molecular weight excluding hydrogens is 352 g/mol. The topological polar surface area (TPSA) is 99.0 Å². The van der Waals surface area contributed by atoms with Crippen LogP contribution < -0.4 is 4.74 Å². The van der Waals surface area contributed by atoms with Gasteiger partial charge in [-0.15, -0.1) is 0 Å². The summed E-state index contributed by atoms with van der Waals surface area (Å²) in [6.45, 7) is 2.25. The van der Waals surface area contributed by atoms with E-state index >= 15 is 0 Å². The quantitative estimate of drug-likeness (QED) is 0.401. The van der Waals surface area contributed by atoms with Crippen LogP contribution in [0.15, 0.2) is 48.5 Å². The third-order valence-corrected chi connectivity index (χ3v) is 3.89. The Morgan fingerprint density at radius 2 is 1.85 bits per heavy atom. The number of benzene rings is 2. The molecule has 0 spiro atoms. The second-order valence-corrected chi connectivity index (χ2v) is 5.61. The van der Waals surface area contributed by atoms with Crippen LogP contribution in [0.1, 0.15) is 22.8 Å². The van der Waals surface area contributed by atoms with Crippen molar-refractivity contribution < 1.29 is 24.0 Å². The number of ether oxygens (including phenoxy) is 2. The van der Waals surface area contributed by atoms with Crippen LogP contribution in [0.3, 0.4) is 0 Å². The highest BCUT2D eigenvalue weighted by Gasteiger charge is 2.20. The number of methoxy groups -OCH3 is 1. The van der Waals surface area contributed by atoms with Gasteiger partial charge in [-0.05, 0) is 24.6 Å². The van der Waals surface area contributed by atoms with Gasteiger partial charge in [-0.3, -0.25) is 14.9 Å². The Hall–Kier alpha value is -3.42. The van der Waals surface area contributed by atoms with Crippen molar-refractivity contribution in [3.05, 3.63) is 69.8 Å². The van der Waals surface area contributed by atoms with Crippen LogP contribution in [0.25, 0.3) is 0 Å². The van der Waals surface area contributed by atoms with Gasteiger partial charge >= 0.3 is 11.7 Å². The maximum Gasteiger partial charge on any atom is 0.338 e. The van der Waals surface area contributed by atoms with Gasteiger partial charge < -0.3 is 14.4 Å². The lowest BCUT2D eigenvalue weighted by Gasteiger charge is -2.20. The average molecular weight is 372 g/mol. The summed E-state index contributed by atoms with van der Waals surface area (Å²) in [4.78, 5) is 36.4. The van der Waals surface area contributed by atoms with E-state index in [9.17, 15) is 19.7 Å². The Morgan fingerprint density at radius 3 is 2.44 bits per heavy atom. The van der Waals surface area contributed by atoms with Crippen molar-refractivity contribution in [2.24, 2.45) is 0 Å². The van der Waals surface area contributed by atoms with Crippen molar-refractivity contribution in [2.75, 3.05) is 20.3 Å². The normalized spacial score (nSPS) is 10.1. The van der Waals surface area contributed by atoms with Gasteiger partial charge in [-0.2, -0.15) is 0 Å². The fourth-order valence-corrected chi connectivity index (χ4v) is 2.44. The number of likely N-dealkylation sites (N-methyl/N-ethyl adjacent to an activating group) is 1. The van der Waals surface area contributed by atoms with E-state index in [0.717, 1.165) is 11.6 Å². The number of carbonyl (C=O) groups excluding carboxylic acids is 2. The highest BCUT2D eigenvalue weighted by molar-refractivity contribution is 5.92. The predicted molar refractivity (Wildman–Crippen MR) is 97.5 cm³/mol. The van der Waals surface area contributed by atoms with Gasteiger partial charge in [-0.1, -0.05) is 30.3 Å². The molecule has 0 aliphatic rings. The Morgan fingerprint density at radius 1 is 1.15 bits per heavy atom. The van der Waals surface area contributed by atoms with Crippen LogP contribution >= 0.6 is 0 Å². The average Bonchev–Trinajstić information content (AvgIpc) is 2.70. The van der Waals surface area contributed by atoms with Crippen LogP contribution in [-0.4, -0.2) is 42.0 Å². The number of hydrogen-bond donors (Lipinski definition) is 0. The molecule has 0 saturated carbocycles. The third-order valence-electron chi connectivity index (χ3n) is 3.89. The third kappa shape index (κ3) is 5.27. The lowest BCUT2D eigenvalue weighted by Crippen LogP contribution is -2.34. The summed E-state index contributed by atoms with van der Waals surface area (Å²) in [6.07, 6.45) is 0. The van der Waals surface area contributed by atoms with Crippen LogP contribution in [0.5, 0.6) is 5.75 Å². The largest absolute Gasteiger partial charge is 0.490 e. The molecule has 0 aliphatic carbocycles. The molecular formula is C19H20N2O6. The van der Waals surface area contributed by atoms with E-state index < -0.39 is 17.5 Å². The smallest absolute Gasteiger partial charge is 0.338 e. The molecule has 2 rings (SSSR count). The summed E-state index contributed by atoms with van der Waals surface area (Å²) >= 11 is 0. The summed E-state index contributed by atoms with van der Waals surface area (Å²) in [5.74, 6) is -1.13. The first-order chi connectivity index (χ1) is 13.0. The van der Waals surface area contributed by atoms with Gasteiger partial charge in [0.25, 0.3) is 5.91 Å². The van der Waals surface area contributed by atoms with Crippen LogP contribution in [0.4, 0.5) is 5.69 Å². The standard InChI is InChI=1S/C19H20N2O6/c1-3-20(12-14-7-5-4-6-8-14)18(22)13-27-19(23)15-9-10-17(26-2)16(11-15)21(24)25/h4-11H,3,12-13H2,1-2H3. The van der Waals surface area contributed by atoms with Crippen LogP contribution in [0.2, 0.25) is 0 Å². The molecule has 0 radical (unpaired) electrons. The van der Waals surface area contributed by atoms with Gasteiger partial charge in [0, 0.05) is 19.2 Å². The number of hydrogen-bond acceptors (Lipinski definition) is 6. The molecule has 0 heterocycles. The molecule has 0 atom stereocenters. The van der Waals surface area contributed by atoms with E-state index in [1.807, 2.05) is 37.3 Å². The molecule has 0 aliphatic heterocycles. The van der Waals surface area contributed by atoms with Gasteiger partial charge in [-0.25, -0.2) is 4.79 Å². The zero-order valence-corrected chi connectivity index (χ0v) is 15.1. The predicted octanol–water partition coefficient (Wildman–Crippen LogP) is 2.81. The zero-order chi connectivity index (χ0) is 19.8. The minimum absolute atomic E-state index is 0.0265. The van der Waals surface area contributed by atoms with E-state index in [2.05, 4.69) is 0 Å². The minimum Gasteiger partial charge on any atom is -0.490 e. The second kappa shape index (κ2) is 9.33. The molecule has 0 fully saturated rings. The highest BCUT2D eigenvalue weighted by Crippen LogP contribution is 2.27. The number of esters is 1. The zero-order valence-electron chi connectivity index (χ0n) is 15.1. The first kappa shape index (κ1) is 19.9. The molecule has 8 heteroatoms. The number of nitrogens with zero attached hydrogens (tertiary/aromatic N) is 2. The fourth-order valence-electron chi connectivity index (χ4n) is 2.44. The number of nitro benzene ring substituents is 1. The fraction of sp³-hybridized carbons (Fsp3) is 0.263. The van der Waals surface area contributed by atoms with E-state index in [1.54, 1.807) is 4.90 Å². The van der Waals surface area contributed by atoms with E-state index in [0.29, 0.717) is 13.1 Å². The van der Waals surface area contributed by atoms with Gasteiger partial charge in [0.1, 0.15) is 0 Å². The molecule has 142 valence electrons. The molecule has 8 nitrogen and oxygen atoms in total. The molecule has 27 heavy (non-hydrogen) atoms. The molecule has 0 unspecified atom stereocenters. The molecule has 0 N–H and O–H groups in total. The van der Waals surface area contributed by atoms with Crippen LogP contribution in [0, 0.1) is 10.1 Å². The Bertz CT molecular complexity index is 822. The van der Waals surface area contributed by atoms with Crippen molar-refractivity contribution in [3.8, 4) is 5.75 Å². The SMILES string of the molecule is CCN(Cc1ccccc1)C(=O)COC(=O)c1ccc(OC)c([N+](=O)[O-])c1. The van der Waals surface area contributed by atoms with Crippen molar-refractivity contribution >= 4 is 17.6 Å². The van der Waals surface area contributed by atoms with Crippen LogP contribution in [-0.2, 0) is 16.1 Å². The van der Waals surface area contributed by atoms with Gasteiger partial charge in [0.15, 0.2) is 12.4 Å². The summed E-state index contributed by atoms with van der Waals surface area (Å²) in [6, 6.07) is 13.2. The molecule has 1 amide bonds. The number of amides is 1. The van der Waals surface area contributed by atoms with Gasteiger partial charge in [0.05, 0.1) is 17.6 Å². The minimum atomic E-state index is -0.815. The van der Waals surface area contributed by atoms with E-state index in [4.69, 9.17) is 9.47 Å². The molecule has 0 saturated heterocycles. The lowest BCUT2D eigenvalue weighted by atomic mass is 10.2. The van der Waals surface area contributed by atoms with Crippen molar-refractivity contribution in [1.29, 1.82) is 0 Å². The van der Waals surface area contributed by atoms with Gasteiger partial charge in [0.2, 0.25) is 0 Å². The molecule has 0 bridgehead atoms. The summed E-state index contributed by atoms with van der Waals surface area (Å²) in [5.41, 5.74) is 0.587. The van der Waals surface area contributed by atoms with Crippen molar-refractivity contribution in [3.63, 3.8) is 0 Å². The highest BCUT2D eigenvalue weighted by atomic mass is 16.6. The number of rotatable bonds is 8. The Kier molecular flexibility index (Phi) is 6.87. The second-order valence-electron chi connectivity index (χ2n) is 5.61. The first-order valence-electron chi connectivity index (χ1n) is 8.27. The summed E-state index contributed by atoms with van der Waals surface area (Å²) in [7, 11) is 1.30. The molecule has 2 aromatic rings. The van der Waals surface area contributed by atoms with Crippen molar-refractivity contribution in [1.82, 2.24) is 4.90 Å². The monoisotopic (exact) mass is 372 g/mol. The van der Waals surface area contributed by atoms with E-state index in [1.165, 1.54) is 19.2 Å². The Balaban J connectivity index is 2.00. The molecule has 0 aromatic heterocycles. The first-order valence-corrected chi connectivity index (χ1v) is 8.27.